The number of carboxylic acid groups (broad SMARTS) is 1. The van der Waals surface area contributed by atoms with E-state index in [0.29, 0.717) is 10.8 Å². The number of aliphatic carboxylic acids is 1. The monoisotopic (exact) mass is 329 g/mol. The molecule has 0 atom stereocenters. The summed E-state index contributed by atoms with van der Waals surface area (Å²) in [5.41, 5.74) is 0.902. The van der Waals surface area contributed by atoms with Crippen molar-refractivity contribution >= 4 is 22.8 Å². The Labute approximate surface area is 138 Å². The minimum Gasteiger partial charge on any atom is -0.480 e. The standard InChI is InChI=1S/C18H16FNO4/c1-4-13-15(19)6-5-11-7-12(8-14(10(2)3)17(11)13)24-18(23)20-9-16(21)22/h1,5-8,10H,9H2,2-3H3,(H,20,23)(H,21,22). The number of nitrogens with one attached hydrogen (secondary N) is 1. The van der Waals surface area contributed by atoms with Gasteiger partial charge in [-0.05, 0) is 35.1 Å². The van der Waals surface area contributed by atoms with Gasteiger partial charge >= 0.3 is 12.1 Å². The van der Waals surface area contributed by atoms with Gasteiger partial charge in [-0.25, -0.2) is 9.18 Å². The molecule has 0 aliphatic rings. The van der Waals surface area contributed by atoms with Crippen molar-refractivity contribution in [3.63, 3.8) is 0 Å². The van der Waals surface area contributed by atoms with Crippen LogP contribution in [0.2, 0.25) is 0 Å². The van der Waals surface area contributed by atoms with Crippen LogP contribution in [-0.4, -0.2) is 23.7 Å². The molecule has 0 saturated carbocycles. The maximum atomic E-state index is 14.0. The molecule has 0 aromatic heterocycles. The van der Waals surface area contributed by atoms with Crippen molar-refractivity contribution in [1.82, 2.24) is 5.32 Å². The molecule has 0 unspecified atom stereocenters. The molecule has 2 aromatic carbocycles. The number of fused-ring (bicyclic) bond motifs is 1. The van der Waals surface area contributed by atoms with Crippen molar-refractivity contribution in [3.8, 4) is 18.1 Å². The Bertz CT molecular complexity index is 852. The van der Waals surface area contributed by atoms with Gasteiger partial charge in [0.15, 0.2) is 0 Å². The number of hydrogen-bond acceptors (Lipinski definition) is 3. The number of carboxylic acids is 1. The molecule has 0 aliphatic heterocycles. The summed E-state index contributed by atoms with van der Waals surface area (Å²) >= 11 is 0. The summed E-state index contributed by atoms with van der Waals surface area (Å²) < 4.78 is 19.1. The lowest BCUT2D eigenvalue weighted by Crippen LogP contribution is -2.31. The van der Waals surface area contributed by atoms with Crippen LogP contribution in [0.4, 0.5) is 9.18 Å². The lowest BCUT2D eigenvalue weighted by molar-refractivity contribution is -0.135. The van der Waals surface area contributed by atoms with Gasteiger partial charge in [0.2, 0.25) is 0 Å². The number of hydrogen-bond donors (Lipinski definition) is 2. The SMILES string of the molecule is C#Cc1c(F)ccc2cc(OC(=O)NCC(=O)O)cc(C(C)C)c12. The van der Waals surface area contributed by atoms with E-state index >= 15 is 0 Å². The van der Waals surface area contributed by atoms with Gasteiger partial charge < -0.3 is 15.2 Å². The largest absolute Gasteiger partial charge is 0.480 e. The van der Waals surface area contributed by atoms with Gasteiger partial charge in [-0.2, -0.15) is 0 Å². The molecular weight excluding hydrogens is 313 g/mol. The van der Waals surface area contributed by atoms with Crippen LogP contribution in [0, 0.1) is 18.2 Å². The Morgan fingerprint density at radius 1 is 1.38 bits per heavy atom. The van der Waals surface area contributed by atoms with Crippen LogP contribution in [0.25, 0.3) is 10.8 Å². The highest BCUT2D eigenvalue weighted by atomic mass is 19.1. The Kier molecular flexibility index (Phi) is 5.05. The van der Waals surface area contributed by atoms with Crippen LogP contribution >= 0.6 is 0 Å². The van der Waals surface area contributed by atoms with Crippen molar-refractivity contribution < 1.29 is 23.8 Å². The Morgan fingerprint density at radius 3 is 2.67 bits per heavy atom. The third-order valence-corrected chi connectivity index (χ3v) is 3.43. The summed E-state index contributed by atoms with van der Waals surface area (Å²) in [6, 6.07) is 5.98. The molecule has 0 saturated heterocycles. The second-order valence-corrected chi connectivity index (χ2v) is 5.47. The third-order valence-electron chi connectivity index (χ3n) is 3.43. The molecule has 1 amide bonds. The van der Waals surface area contributed by atoms with Crippen LogP contribution in [-0.2, 0) is 4.79 Å². The minimum absolute atomic E-state index is 0.00651. The van der Waals surface area contributed by atoms with Gasteiger partial charge in [0.05, 0.1) is 5.56 Å². The number of halogens is 1. The summed E-state index contributed by atoms with van der Waals surface area (Å²) in [5.74, 6) is 0.934. The topological polar surface area (TPSA) is 75.6 Å². The fourth-order valence-electron chi connectivity index (χ4n) is 2.39. The summed E-state index contributed by atoms with van der Waals surface area (Å²) in [5, 5.41) is 11.9. The normalized spacial score (nSPS) is 10.5. The van der Waals surface area contributed by atoms with Crippen LogP contribution < -0.4 is 10.1 Å². The quantitative estimate of drug-likeness (QED) is 0.844. The van der Waals surface area contributed by atoms with Gasteiger partial charge in [-0.15, -0.1) is 6.42 Å². The van der Waals surface area contributed by atoms with Crippen LogP contribution in [0.5, 0.6) is 5.75 Å². The predicted octanol–water partition coefficient (Wildman–Crippen LogP) is 3.26. The second kappa shape index (κ2) is 7.01. The molecule has 0 aliphatic carbocycles. The van der Waals surface area contributed by atoms with Crippen molar-refractivity contribution in [3.05, 3.63) is 41.2 Å². The number of carbonyl (C=O) groups excluding carboxylic acids is 1. The highest BCUT2D eigenvalue weighted by molar-refractivity contribution is 5.93. The number of benzene rings is 2. The summed E-state index contributed by atoms with van der Waals surface area (Å²) in [6.45, 7) is 3.28. The van der Waals surface area contributed by atoms with Gasteiger partial charge in [-0.1, -0.05) is 25.8 Å². The third kappa shape index (κ3) is 3.63. The summed E-state index contributed by atoms with van der Waals surface area (Å²) in [4.78, 5) is 22.1. The molecule has 2 aromatic rings. The smallest absolute Gasteiger partial charge is 0.413 e. The fourth-order valence-corrected chi connectivity index (χ4v) is 2.39. The van der Waals surface area contributed by atoms with Crippen LogP contribution in [0.1, 0.15) is 30.9 Å². The van der Waals surface area contributed by atoms with Crippen molar-refractivity contribution in [2.45, 2.75) is 19.8 Å². The first kappa shape index (κ1) is 17.3. The molecule has 2 rings (SSSR count). The van der Waals surface area contributed by atoms with E-state index in [1.165, 1.54) is 6.07 Å². The van der Waals surface area contributed by atoms with E-state index in [9.17, 15) is 14.0 Å². The lowest BCUT2D eigenvalue weighted by atomic mass is 9.92. The number of carbonyl (C=O) groups is 2. The van der Waals surface area contributed by atoms with E-state index in [2.05, 4.69) is 11.2 Å². The first-order chi connectivity index (χ1) is 11.3. The van der Waals surface area contributed by atoms with Crippen molar-refractivity contribution in [2.75, 3.05) is 6.54 Å². The molecule has 24 heavy (non-hydrogen) atoms. The highest BCUT2D eigenvalue weighted by Crippen LogP contribution is 2.33. The minimum atomic E-state index is -1.18. The van der Waals surface area contributed by atoms with Crippen molar-refractivity contribution in [2.24, 2.45) is 0 Å². The first-order valence-electron chi connectivity index (χ1n) is 7.23. The molecule has 0 heterocycles. The average Bonchev–Trinajstić information content (AvgIpc) is 2.52. The van der Waals surface area contributed by atoms with Gasteiger partial charge in [-0.3, -0.25) is 4.79 Å². The fraction of sp³-hybridized carbons (Fsp3) is 0.222. The maximum Gasteiger partial charge on any atom is 0.413 e. The molecule has 0 radical (unpaired) electrons. The number of ether oxygens (including phenoxy) is 1. The zero-order valence-electron chi connectivity index (χ0n) is 13.2. The molecule has 0 spiro atoms. The molecule has 6 heteroatoms. The number of amides is 1. The van der Waals surface area contributed by atoms with Gasteiger partial charge in [0.25, 0.3) is 0 Å². The van der Waals surface area contributed by atoms with E-state index in [0.717, 1.165) is 5.56 Å². The predicted molar refractivity (Wildman–Crippen MR) is 87.6 cm³/mol. The average molecular weight is 329 g/mol. The molecule has 124 valence electrons. The van der Waals surface area contributed by atoms with Gasteiger partial charge in [0, 0.05) is 5.39 Å². The summed E-state index contributed by atoms with van der Waals surface area (Å²) in [6.07, 6.45) is 4.55. The van der Waals surface area contributed by atoms with Crippen molar-refractivity contribution in [1.29, 1.82) is 0 Å². The van der Waals surface area contributed by atoms with E-state index < -0.39 is 24.4 Å². The zero-order chi connectivity index (χ0) is 17.9. The summed E-state index contributed by atoms with van der Waals surface area (Å²) in [7, 11) is 0. The molecular formula is C18H16FNO4. The van der Waals surface area contributed by atoms with E-state index in [1.54, 1.807) is 18.2 Å². The van der Waals surface area contributed by atoms with Crippen LogP contribution in [0.3, 0.4) is 0 Å². The van der Waals surface area contributed by atoms with Crippen LogP contribution in [0.15, 0.2) is 24.3 Å². The molecule has 5 nitrogen and oxygen atoms in total. The number of terminal acetylenes is 1. The zero-order valence-corrected chi connectivity index (χ0v) is 13.2. The van der Waals surface area contributed by atoms with Gasteiger partial charge in [0.1, 0.15) is 18.1 Å². The maximum absolute atomic E-state index is 14.0. The molecule has 0 fully saturated rings. The molecule has 2 N–H and O–H groups in total. The van der Waals surface area contributed by atoms with E-state index in [4.69, 9.17) is 16.3 Å². The second-order valence-electron chi connectivity index (χ2n) is 5.47. The van der Waals surface area contributed by atoms with E-state index in [1.807, 2.05) is 13.8 Å². The highest BCUT2D eigenvalue weighted by Gasteiger charge is 2.16. The Balaban J connectivity index is 2.48. The number of rotatable bonds is 4. The Morgan fingerprint density at radius 2 is 2.08 bits per heavy atom. The Hall–Kier alpha value is -3.07. The first-order valence-corrected chi connectivity index (χ1v) is 7.23. The lowest BCUT2D eigenvalue weighted by Gasteiger charge is -2.15. The van der Waals surface area contributed by atoms with E-state index in [-0.39, 0.29) is 17.2 Å². The molecule has 0 bridgehead atoms.